The minimum absolute atomic E-state index is 0. The second-order valence-electron chi connectivity index (χ2n) is 4.00. The first-order valence-corrected chi connectivity index (χ1v) is 6.19. The molecule has 2 aromatic heterocycles. The van der Waals surface area contributed by atoms with Crippen LogP contribution in [0.3, 0.4) is 0 Å². The minimum Gasteiger partial charge on any atom is -0.505 e. The second-order valence-corrected chi connectivity index (χ2v) is 4.39. The number of hydrogen-bond acceptors (Lipinski definition) is 6. The molecule has 0 aromatic carbocycles. The number of nitrogens with one attached hydrogen (secondary N) is 1. The molecule has 2 aromatic rings. The predicted molar refractivity (Wildman–Crippen MR) is 84.3 cm³/mol. The van der Waals surface area contributed by atoms with E-state index in [2.05, 4.69) is 20.5 Å². The Kier molecular flexibility index (Phi) is 6.36. The molecule has 0 unspecified atom stereocenters. The Morgan fingerprint density at radius 1 is 1.43 bits per heavy atom. The van der Waals surface area contributed by atoms with Crippen LogP contribution in [0, 0.1) is 6.92 Å². The van der Waals surface area contributed by atoms with E-state index in [0.717, 1.165) is 0 Å². The molecule has 0 spiro atoms. The number of hydrogen-bond donors (Lipinski definition) is 3. The van der Waals surface area contributed by atoms with Crippen molar-refractivity contribution in [3.8, 4) is 5.75 Å². The Balaban J connectivity index is 0.00000220. The third-order valence-electron chi connectivity index (χ3n) is 2.62. The summed E-state index contributed by atoms with van der Waals surface area (Å²) in [6.07, 6.45) is 2.90. The largest absolute Gasteiger partial charge is 0.505 e. The highest BCUT2D eigenvalue weighted by atomic mass is 35.5. The number of aryl methyl sites for hydroxylation is 1. The van der Waals surface area contributed by atoms with Gasteiger partial charge >= 0.3 is 0 Å². The van der Waals surface area contributed by atoms with E-state index >= 15 is 0 Å². The zero-order chi connectivity index (χ0) is 14.5. The first kappa shape index (κ1) is 17.2. The number of hydrazone groups is 1. The van der Waals surface area contributed by atoms with Gasteiger partial charge in [0, 0.05) is 17.3 Å². The van der Waals surface area contributed by atoms with Crippen molar-refractivity contribution in [1.82, 2.24) is 9.97 Å². The van der Waals surface area contributed by atoms with Crippen LogP contribution in [0.25, 0.3) is 0 Å². The van der Waals surface area contributed by atoms with Gasteiger partial charge in [0.15, 0.2) is 0 Å². The highest BCUT2D eigenvalue weighted by Gasteiger charge is 2.09. The molecule has 0 bridgehead atoms. The van der Waals surface area contributed by atoms with E-state index in [4.69, 9.17) is 11.6 Å². The second kappa shape index (κ2) is 7.78. The van der Waals surface area contributed by atoms with Crippen LogP contribution in [0.4, 0.5) is 5.82 Å². The van der Waals surface area contributed by atoms with Gasteiger partial charge in [0.05, 0.1) is 18.5 Å². The topological polar surface area (TPSA) is 90.6 Å². The van der Waals surface area contributed by atoms with Crippen molar-refractivity contribution in [3.63, 3.8) is 0 Å². The van der Waals surface area contributed by atoms with Crippen molar-refractivity contribution in [3.05, 3.63) is 46.4 Å². The number of halogens is 2. The molecule has 3 N–H and O–H groups in total. The van der Waals surface area contributed by atoms with Crippen molar-refractivity contribution in [2.24, 2.45) is 5.10 Å². The van der Waals surface area contributed by atoms with E-state index in [1.807, 2.05) is 0 Å². The van der Waals surface area contributed by atoms with Crippen molar-refractivity contribution < 1.29 is 10.2 Å². The molecule has 2 rings (SSSR count). The van der Waals surface area contributed by atoms with E-state index in [1.54, 1.807) is 25.1 Å². The van der Waals surface area contributed by atoms with Gasteiger partial charge in [-0.25, -0.2) is 4.98 Å². The van der Waals surface area contributed by atoms with Gasteiger partial charge in [-0.1, -0.05) is 17.7 Å². The molecule has 0 fully saturated rings. The minimum atomic E-state index is -0.238. The highest BCUT2D eigenvalue weighted by molar-refractivity contribution is 6.29. The number of rotatable bonds is 4. The van der Waals surface area contributed by atoms with Crippen LogP contribution in [0.5, 0.6) is 5.75 Å². The maximum atomic E-state index is 9.92. The molecular weight excluding hydrogens is 315 g/mol. The van der Waals surface area contributed by atoms with Crippen molar-refractivity contribution in [2.45, 2.75) is 13.5 Å². The molecule has 0 aliphatic heterocycles. The molecule has 0 atom stereocenters. The number of anilines is 1. The Labute approximate surface area is 132 Å². The standard InChI is InChI=1S/C13H13ClN4O2.ClH/c1-8-13(20)10(9(7-19)5-15-8)6-16-18-12-4-2-3-11(14)17-12;/h2-6,19-20H,7H2,1H3,(H,17,18);1H. The molecule has 2 heterocycles. The maximum Gasteiger partial charge on any atom is 0.147 e. The highest BCUT2D eigenvalue weighted by Crippen LogP contribution is 2.22. The molecule has 0 saturated heterocycles. The van der Waals surface area contributed by atoms with Crippen LogP contribution in [0.15, 0.2) is 29.5 Å². The molecule has 0 radical (unpaired) electrons. The van der Waals surface area contributed by atoms with Crippen LogP contribution >= 0.6 is 24.0 Å². The SMILES string of the molecule is Cc1ncc(CO)c(C=NNc2cccc(Cl)n2)c1O.Cl. The number of aromatic hydroxyl groups is 1. The number of aliphatic hydroxyl groups excluding tert-OH is 1. The van der Waals surface area contributed by atoms with E-state index in [-0.39, 0.29) is 24.8 Å². The van der Waals surface area contributed by atoms with E-state index < -0.39 is 0 Å². The molecule has 112 valence electrons. The molecule has 0 amide bonds. The lowest BCUT2D eigenvalue weighted by molar-refractivity contribution is 0.280. The van der Waals surface area contributed by atoms with Crippen LogP contribution < -0.4 is 5.43 Å². The summed E-state index contributed by atoms with van der Waals surface area (Å²) in [5.74, 6) is 0.464. The molecule has 21 heavy (non-hydrogen) atoms. The summed E-state index contributed by atoms with van der Waals surface area (Å²) >= 11 is 5.75. The average molecular weight is 329 g/mol. The molecular formula is C13H14Cl2N4O2. The van der Waals surface area contributed by atoms with Gasteiger partial charge in [0.1, 0.15) is 16.7 Å². The number of nitrogens with zero attached hydrogens (tertiary/aromatic N) is 3. The Hall–Kier alpha value is -1.89. The molecule has 6 nitrogen and oxygen atoms in total. The fourth-order valence-corrected chi connectivity index (χ4v) is 1.72. The van der Waals surface area contributed by atoms with E-state index in [0.29, 0.717) is 27.8 Å². The first-order valence-electron chi connectivity index (χ1n) is 5.81. The van der Waals surface area contributed by atoms with Crippen LogP contribution in [-0.4, -0.2) is 26.4 Å². The van der Waals surface area contributed by atoms with Gasteiger partial charge < -0.3 is 10.2 Å². The van der Waals surface area contributed by atoms with Crippen LogP contribution in [0.1, 0.15) is 16.8 Å². The van der Waals surface area contributed by atoms with E-state index in [1.165, 1.54) is 12.4 Å². The first-order chi connectivity index (χ1) is 9.61. The fraction of sp³-hybridized carbons (Fsp3) is 0.154. The van der Waals surface area contributed by atoms with Gasteiger partial charge in [0.2, 0.25) is 0 Å². The maximum absolute atomic E-state index is 9.92. The van der Waals surface area contributed by atoms with Crippen LogP contribution in [-0.2, 0) is 6.61 Å². The molecule has 8 heteroatoms. The normalized spacial score (nSPS) is 10.4. The summed E-state index contributed by atoms with van der Waals surface area (Å²) in [5.41, 5.74) is 4.05. The summed E-state index contributed by atoms with van der Waals surface area (Å²) in [6.45, 7) is 1.43. The van der Waals surface area contributed by atoms with Crippen molar-refractivity contribution >= 4 is 36.0 Å². The lowest BCUT2D eigenvalue weighted by Crippen LogP contribution is -2.00. The van der Waals surface area contributed by atoms with Gasteiger partial charge in [0.25, 0.3) is 0 Å². The average Bonchev–Trinajstić information content (AvgIpc) is 2.44. The summed E-state index contributed by atoms with van der Waals surface area (Å²) in [7, 11) is 0. The zero-order valence-corrected chi connectivity index (χ0v) is 12.7. The number of pyridine rings is 2. The smallest absolute Gasteiger partial charge is 0.147 e. The quantitative estimate of drug-likeness (QED) is 0.455. The van der Waals surface area contributed by atoms with Gasteiger partial charge in [-0.3, -0.25) is 10.4 Å². The lowest BCUT2D eigenvalue weighted by atomic mass is 10.1. The lowest BCUT2D eigenvalue weighted by Gasteiger charge is -2.07. The number of aromatic nitrogens is 2. The van der Waals surface area contributed by atoms with Crippen molar-refractivity contribution in [2.75, 3.05) is 5.43 Å². The third kappa shape index (κ3) is 4.29. The van der Waals surface area contributed by atoms with Crippen LogP contribution in [0.2, 0.25) is 5.15 Å². The summed E-state index contributed by atoms with van der Waals surface area (Å²) in [5, 5.41) is 23.5. The fourth-order valence-electron chi connectivity index (χ4n) is 1.56. The van der Waals surface area contributed by atoms with Gasteiger partial charge in [-0.2, -0.15) is 5.10 Å². The van der Waals surface area contributed by atoms with Gasteiger partial charge in [-0.15, -0.1) is 12.4 Å². The molecule has 0 saturated carbocycles. The summed E-state index contributed by atoms with van der Waals surface area (Å²) < 4.78 is 0. The van der Waals surface area contributed by atoms with Gasteiger partial charge in [-0.05, 0) is 19.1 Å². The zero-order valence-electron chi connectivity index (χ0n) is 11.1. The molecule has 0 aliphatic carbocycles. The monoisotopic (exact) mass is 328 g/mol. The Morgan fingerprint density at radius 2 is 2.19 bits per heavy atom. The molecule has 0 aliphatic rings. The Bertz CT molecular complexity index is 650. The summed E-state index contributed by atoms with van der Waals surface area (Å²) in [6, 6.07) is 5.09. The van der Waals surface area contributed by atoms with Crippen molar-refractivity contribution in [1.29, 1.82) is 0 Å². The third-order valence-corrected chi connectivity index (χ3v) is 2.83. The predicted octanol–water partition coefficient (Wildman–Crippen LogP) is 2.50. The van der Waals surface area contributed by atoms with E-state index in [9.17, 15) is 10.2 Å². The number of aliphatic hydroxyl groups is 1. The Morgan fingerprint density at radius 3 is 2.86 bits per heavy atom. The summed E-state index contributed by atoms with van der Waals surface area (Å²) in [4.78, 5) is 7.97.